The van der Waals surface area contributed by atoms with Gasteiger partial charge in [-0.2, -0.15) is 0 Å². The van der Waals surface area contributed by atoms with Crippen LogP contribution in [0.4, 0.5) is 0 Å². The molecule has 2 heterocycles. The van der Waals surface area contributed by atoms with Crippen molar-refractivity contribution >= 4 is 29.3 Å². The van der Waals surface area contributed by atoms with Gasteiger partial charge in [0.15, 0.2) is 0 Å². The van der Waals surface area contributed by atoms with E-state index in [-0.39, 0.29) is 23.8 Å². The predicted molar refractivity (Wildman–Crippen MR) is 121 cm³/mol. The topological polar surface area (TPSA) is 73.0 Å². The van der Waals surface area contributed by atoms with Crippen LogP contribution in [0.15, 0.2) is 24.3 Å². The number of halogens is 1. The molecule has 3 rings (SSSR count). The van der Waals surface area contributed by atoms with Gasteiger partial charge in [0.1, 0.15) is 0 Å². The van der Waals surface area contributed by atoms with Gasteiger partial charge in [0, 0.05) is 62.8 Å². The van der Waals surface area contributed by atoms with Gasteiger partial charge in [-0.15, -0.1) is 0 Å². The lowest BCUT2D eigenvalue weighted by molar-refractivity contribution is -0.139. The number of rotatable bonds is 7. The van der Waals surface area contributed by atoms with Crippen molar-refractivity contribution in [3.8, 4) is 0 Å². The van der Waals surface area contributed by atoms with Crippen LogP contribution in [0.1, 0.15) is 49.4 Å². The van der Waals surface area contributed by atoms with Crippen LogP contribution in [-0.2, 0) is 9.59 Å². The number of piperidine rings is 1. The van der Waals surface area contributed by atoms with Crippen LogP contribution >= 0.6 is 11.6 Å². The lowest BCUT2D eigenvalue weighted by atomic mass is 10.1. The van der Waals surface area contributed by atoms with E-state index in [1.54, 1.807) is 24.3 Å². The molecule has 0 spiro atoms. The quantitative estimate of drug-likeness (QED) is 0.650. The number of piperazine rings is 1. The van der Waals surface area contributed by atoms with Gasteiger partial charge in [-0.05, 0) is 56.9 Å². The average Bonchev–Trinajstić information content (AvgIpc) is 2.81. The molecule has 1 aromatic carbocycles. The molecular weight excluding hydrogens is 416 g/mol. The molecule has 0 radical (unpaired) electrons. The maximum absolute atomic E-state index is 12.7. The zero-order valence-corrected chi connectivity index (χ0v) is 19.1. The van der Waals surface area contributed by atoms with Crippen molar-refractivity contribution in [3.63, 3.8) is 0 Å². The number of carbonyl (C=O) groups excluding carboxylic acids is 3. The summed E-state index contributed by atoms with van der Waals surface area (Å²) in [5.41, 5.74) is 0.556. The molecule has 2 fully saturated rings. The number of carbonyl (C=O) groups is 3. The Hall–Kier alpha value is -2.12. The molecule has 2 aliphatic heterocycles. The summed E-state index contributed by atoms with van der Waals surface area (Å²) >= 11 is 5.83. The SMILES string of the molecule is CC(C(=O)N1CCCCC1)N1CCN(C(=O)CCCNC(=O)c2ccc(Cl)cc2)CC1. The molecule has 1 aromatic rings. The monoisotopic (exact) mass is 448 g/mol. The Morgan fingerprint density at radius 2 is 1.58 bits per heavy atom. The molecule has 0 aliphatic carbocycles. The lowest BCUT2D eigenvalue weighted by Gasteiger charge is -2.39. The van der Waals surface area contributed by atoms with Crippen molar-refractivity contribution in [1.82, 2.24) is 20.0 Å². The number of benzene rings is 1. The minimum atomic E-state index is -0.162. The van der Waals surface area contributed by atoms with Crippen molar-refractivity contribution in [2.75, 3.05) is 45.8 Å². The summed E-state index contributed by atoms with van der Waals surface area (Å²) in [5.74, 6) is 0.163. The zero-order chi connectivity index (χ0) is 22.2. The van der Waals surface area contributed by atoms with Gasteiger partial charge < -0.3 is 15.1 Å². The molecule has 2 aliphatic rings. The minimum Gasteiger partial charge on any atom is -0.352 e. The van der Waals surface area contributed by atoms with Crippen LogP contribution in [0.3, 0.4) is 0 Å². The van der Waals surface area contributed by atoms with Crippen LogP contribution in [0.2, 0.25) is 5.02 Å². The number of hydrogen-bond donors (Lipinski definition) is 1. The third-order valence-corrected chi connectivity index (χ3v) is 6.45. The van der Waals surface area contributed by atoms with Gasteiger partial charge in [-0.1, -0.05) is 11.6 Å². The maximum Gasteiger partial charge on any atom is 0.251 e. The summed E-state index contributed by atoms with van der Waals surface area (Å²) in [6.45, 7) is 6.92. The molecule has 170 valence electrons. The summed E-state index contributed by atoms with van der Waals surface area (Å²) < 4.78 is 0. The van der Waals surface area contributed by atoms with Crippen LogP contribution in [0.25, 0.3) is 0 Å². The van der Waals surface area contributed by atoms with Gasteiger partial charge in [0.05, 0.1) is 6.04 Å². The molecule has 0 bridgehead atoms. The van der Waals surface area contributed by atoms with Gasteiger partial charge in [-0.3, -0.25) is 19.3 Å². The van der Waals surface area contributed by atoms with E-state index in [1.165, 1.54) is 6.42 Å². The first-order valence-corrected chi connectivity index (χ1v) is 11.7. The van der Waals surface area contributed by atoms with Crippen LogP contribution in [0, 0.1) is 0 Å². The standard InChI is InChI=1S/C23H33ClN4O3/c1-18(23(31)28-12-3-2-4-13-28)26-14-16-27(17-15-26)21(29)6-5-11-25-22(30)19-7-9-20(24)10-8-19/h7-10,18H,2-6,11-17H2,1H3,(H,25,30). The molecule has 8 heteroatoms. The minimum absolute atomic E-state index is 0.107. The zero-order valence-electron chi connectivity index (χ0n) is 18.3. The first-order valence-electron chi connectivity index (χ1n) is 11.3. The number of nitrogens with one attached hydrogen (secondary N) is 1. The Kier molecular flexibility index (Phi) is 8.72. The van der Waals surface area contributed by atoms with E-state index in [9.17, 15) is 14.4 Å². The second kappa shape index (κ2) is 11.5. The third-order valence-electron chi connectivity index (χ3n) is 6.20. The highest BCUT2D eigenvalue weighted by Crippen LogP contribution is 2.15. The summed E-state index contributed by atoms with van der Waals surface area (Å²) in [5, 5.41) is 3.43. The Bertz CT molecular complexity index is 757. The Balaban J connectivity index is 1.33. The van der Waals surface area contributed by atoms with E-state index in [0.29, 0.717) is 43.1 Å². The van der Waals surface area contributed by atoms with Crippen molar-refractivity contribution in [1.29, 1.82) is 0 Å². The molecular formula is C23H33ClN4O3. The fourth-order valence-corrected chi connectivity index (χ4v) is 4.32. The van der Waals surface area contributed by atoms with Crippen LogP contribution < -0.4 is 5.32 Å². The predicted octanol–water partition coefficient (Wildman–Crippen LogP) is 2.40. The number of nitrogens with zero attached hydrogens (tertiary/aromatic N) is 3. The van der Waals surface area contributed by atoms with E-state index in [4.69, 9.17) is 11.6 Å². The number of likely N-dealkylation sites (tertiary alicyclic amines) is 1. The Labute approximate surface area is 189 Å². The third kappa shape index (κ3) is 6.68. The van der Waals surface area contributed by atoms with Gasteiger partial charge >= 0.3 is 0 Å². The van der Waals surface area contributed by atoms with Crippen LogP contribution in [-0.4, -0.2) is 84.3 Å². The smallest absolute Gasteiger partial charge is 0.251 e. The normalized spacial score (nSPS) is 18.5. The van der Waals surface area contributed by atoms with E-state index in [0.717, 1.165) is 39.0 Å². The van der Waals surface area contributed by atoms with E-state index in [2.05, 4.69) is 10.2 Å². The van der Waals surface area contributed by atoms with E-state index < -0.39 is 0 Å². The first-order chi connectivity index (χ1) is 15.0. The van der Waals surface area contributed by atoms with Gasteiger partial charge in [0.25, 0.3) is 5.91 Å². The maximum atomic E-state index is 12.7. The molecule has 1 atom stereocenters. The van der Waals surface area contributed by atoms with Crippen molar-refractivity contribution < 1.29 is 14.4 Å². The van der Waals surface area contributed by atoms with Crippen molar-refractivity contribution in [2.45, 2.75) is 45.1 Å². The highest BCUT2D eigenvalue weighted by Gasteiger charge is 2.30. The van der Waals surface area contributed by atoms with Gasteiger partial charge in [-0.25, -0.2) is 0 Å². The van der Waals surface area contributed by atoms with Crippen molar-refractivity contribution in [2.24, 2.45) is 0 Å². The molecule has 2 saturated heterocycles. The highest BCUT2D eigenvalue weighted by molar-refractivity contribution is 6.30. The van der Waals surface area contributed by atoms with E-state index >= 15 is 0 Å². The average molecular weight is 449 g/mol. The van der Waals surface area contributed by atoms with E-state index in [1.807, 2.05) is 16.7 Å². The molecule has 31 heavy (non-hydrogen) atoms. The molecule has 0 saturated carbocycles. The van der Waals surface area contributed by atoms with Crippen LogP contribution in [0.5, 0.6) is 0 Å². The Morgan fingerprint density at radius 1 is 0.935 bits per heavy atom. The van der Waals surface area contributed by atoms with Crippen molar-refractivity contribution in [3.05, 3.63) is 34.9 Å². The summed E-state index contributed by atoms with van der Waals surface area (Å²) in [4.78, 5) is 43.4. The summed E-state index contributed by atoms with van der Waals surface area (Å²) in [6.07, 6.45) is 4.41. The molecule has 7 nitrogen and oxygen atoms in total. The Morgan fingerprint density at radius 3 is 2.23 bits per heavy atom. The summed E-state index contributed by atoms with van der Waals surface area (Å²) in [6, 6.07) is 6.60. The fourth-order valence-electron chi connectivity index (χ4n) is 4.20. The number of hydrogen-bond acceptors (Lipinski definition) is 4. The molecule has 1 unspecified atom stereocenters. The first kappa shape index (κ1) is 23.5. The van der Waals surface area contributed by atoms with Gasteiger partial charge in [0.2, 0.25) is 11.8 Å². The number of amides is 3. The largest absolute Gasteiger partial charge is 0.352 e. The highest BCUT2D eigenvalue weighted by atomic mass is 35.5. The fraction of sp³-hybridized carbons (Fsp3) is 0.609. The second-order valence-corrected chi connectivity index (χ2v) is 8.78. The molecule has 3 amide bonds. The molecule has 0 aromatic heterocycles. The summed E-state index contributed by atoms with van der Waals surface area (Å²) in [7, 11) is 0. The second-order valence-electron chi connectivity index (χ2n) is 8.35. The lowest BCUT2D eigenvalue weighted by Crippen LogP contribution is -2.56. The molecule has 1 N–H and O–H groups in total.